The third-order valence-corrected chi connectivity index (χ3v) is 4.40. The quantitative estimate of drug-likeness (QED) is 0.773. The van der Waals surface area contributed by atoms with E-state index < -0.39 is 0 Å². The Labute approximate surface area is 146 Å². The van der Waals surface area contributed by atoms with Crippen molar-refractivity contribution in [3.63, 3.8) is 0 Å². The van der Waals surface area contributed by atoms with E-state index in [-0.39, 0.29) is 0 Å². The first-order valence-electron chi connectivity index (χ1n) is 8.62. The van der Waals surface area contributed by atoms with Crippen LogP contribution in [0.15, 0.2) is 18.2 Å². The molecule has 2 atom stereocenters. The van der Waals surface area contributed by atoms with Gasteiger partial charge >= 0.3 is 0 Å². The Morgan fingerprint density at radius 2 is 2.04 bits per heavy atom. The van der Waals surface area contributed by atoms with Crippen molar-refractivity contribution >= 4 is 11.6 Å². The van der Waals surface area contributed by atoms with E-state index >= 15 is 0 Å². The number of hydrogen-bond donors (Lipinski definition) is 0. The maximum atomic E-state index is 8.99. The van der Waals surface area contributed by atoms with E-state index in [1.165, 1.54) is 0 Å². The molecule has 1 fully saturated rings. The monoisotopic (exact) mass is 336 g/mol. The van der Waals surface area contributed by atoms with Gasteiger partial charge in [0.25, 0.3) is 0 Å². The molecule has 128 valence electrons. The molecule has 0 bridgehead atoms. The van der Waals surface area contributed by atoms with Crippen LogP contribution in [0.1, 0.15) is 38.8 Å². The largest absolute Gasteiger partial charge is 0.381 e. The van der Waals surface area contributed by atoms with Gasteiger partial charge in [-0.25, -0.2) is 0 Å². The summed E-state index contributed by atoms with van der Waals surface area (Å²) in [4.78, 5) is 2.49. The summed E-state index contributed by atoms with van der Waals surface area (Å²) in [5.74, 6) is 1.32. The summed E-state index contributed by atoms with van der Waals surface area (Å²) < 4.78 is 5.56. The van der Waals surface area contributed by atoms with Gasteiger partial charge < -0.3 is 9.64 Å². The minimum Gasteiger partial charge on any atom is -0.381 e. The molecule has 1 aromatic carbocycles. The normalized spacial score (nSPS) is 20.7. The third-order valence-electron chi connectivity index (χ3n) is 4.18. The van der Waals surface area contributed by atoms with Crippen LogP contribution in [0.2, 0.25) is 5.02 Å². The summed E-state index contributed by atoms with van der Waals surface area (Å²) in [6.07, 6.45) is 0.934. The van der Waals surface area contributed by atoms with Crippen LogP contribution in [0.5, 0.6) is 0 Å². The average Bonchev–Trinajstić information content (AvgIpc) is 2.92. The number of nitrogens with zero attached hydrogens (tertiary/aromatic N) is 2. The van der Waals surface area contributed by atoms with E-state index in [9.17, 15) is 0 Å². The average molecular weight is 337 g/mol. The van der Waals surface area contributed by atoms with E-state index in [0.29, 0.717) is 22.4 Å². The van der Waals surface area contributed by atoms with E-state index in [1.54, 1.807) is 6.07 Å². The van der Waals surface area contributed by atoms with Gasteiger partial charge in [0.15, 0.2) is 0 Å². The number of benzene rings is 1. The summed E-state index contributed by atoms with van der Waals surface area (Å²) in [6.45, 7) is 13.3. The lowest BCUT2D eigenvalue weighted by Gasteiger charge is -2.16. The number of ether oxygens (including phenoxy) is 1. The lowest BCUT2D eigenvalue weighted by molar-refractivity contribution is 0.101. The van der Waals surface area contributed by atoms with Crippen molar-refractivity contribution in [1.29, 1.82) is 5.26 Å². The predicted molar refractivity (Wildman–Crippen MR) is 96.8 cm³/mol. The Bertz CT molecular complexity index is 513. The first-order valence-corrected chi connectivity index (χ1v) is 8.99. The molecule has 2 rings (SSSR count). The Morgan fingerprint density at radius 1 is 1.30 bits per heavy atom. The molecule has 0 spiro atoms. The van der Waals surface area contributed by atoms with Crippen LogP contribution in [0.4, 0.5) is 0 Å². The number of nitriles is 1. The summed E-state index contributed by atoms with van der Waals surface area (Å²) >= 11 is 6.05. The van der Waals surface area contributed by atoms with Crippen LogP contribution >= 0.6 is 11.6 Å². The van der Waals surface area contributed by atoms with Gasteiger partial charge in [-0.1, -0.05) is 32.4 Å². The topological polar surface area (TPSA) is 36.3 Å². The summed E-state index contributed by atoms with van der Waals surface area (Å²) in [5, 5.41) is 9.63. The molecule has 1 heterocycles. The zero-order chi connectivity index (χ0) is 17.2. The number of halogens is 1. The van der Waals surface area contributed by atoms with E-state index in [4.69, 9.17) is 21.6 Å². The van der Waals surface area contributed by atoms with Gasteiger partial charge in [0.2, 0.25) is 0 Å². The predicted octanol–water partition coefficient (Wildman–Crippen LogP) is 4.38. The molecule has 23 heavy (non-hydrogen) atoms. The van der Waals surface area contributed by atoms with Gasteiger partial charge in [0, 0.05) is 31.3 Å². The molecule has 0 N–H and O–H groups in total. The van der Waals surface area contributed by atoms with Crippen molar-refractivity contribution in [2.24, 2.45) is 11.8 Å². The van der Waals surface area contributed by atoms with Crippen molar-refractivity contribution in [3.05, 3.63) is 34.3 Å². The van der Waals surface area contributed by atoms with Gasteiger partial charge in [-0.15, -0.1) is 0 Å². The Morgan fingerprint density at radius 3 is 2.70 bits per heavy atom. The zero-order valence-electron chi connectivity index (χ0n) is 14.8. The molecule has 0 aromatic heterocycles. The molecule has 0 radical (unpaired) electrons. The lowest BCUT2D eigenvalue weighted by atomic mass is 9.99. The maximum Gasteiger partial charge on any atom is 0.0992 e. The summed E-state index contributed by atoms with van der Waals surface area (Å²) in [7, 11) is 0. The second-order valence-electron chi connectivity index (χ2n) is 5.87. The highest BCUT2D eigenvalue weighted by Crippen LogP contribution is 2.24. The van der Waals surface area contributed by atoms with Crippen LogP contribution in [0.25, 0.3) is 0 Å². The highest BCUT2D eigenvalue weighted by atomic mass is 35.5. The van der Waals surface area contributed by atoms with Gasteiger partial charge in [0.05, 0.1) is 18.2 Å². The molecule has 2 unspecified atom stereocenters. The van der Waals surface area contributed by atoms with Gasteiger partial charge in [-0.3, -0.25) is 0 Å². The molecule has 1 aliphatic rings. The molecule has 0 saturated carbocycles. The SMILES string of the molecule is CC.CCOCC1CN(CCc2cc(Cl)cc(C#N)c2)CC1C. The zero-order valence-corrected chi connectivity index (χ0v) is 15.6. The third kappa shape index (κ3) is 6.51. The lowest BCUT2D eigenvalue weighted by Crippen LogP contribution is -2.24. The molecular formula is C19H29ClN2O. The Hall–Kier alpha value is -1.08. The van der Waals surface area contributed by atoms with Gasteiger partial charge in [-0.05, 0) is 48.9 Å². The summed E-state index contributed by atoms with van der Waals surface area (Å²) in [5.41, 5.74) is 1.78. The molecule has 0 aliphatic carbocycles. The van der Waals surface area contributed by atoms with Crippen molar-refractivity contribution in [1.82, 2.24) is 4.90 Å². The molecule has 3 nitrogen and oxygen atoms in total. The fraction of sp³-hybridized carbons (Fsp3) is 0.632. The highest BCUT2D eigenvalue weighted by molar-refractivity contribution is 6.30. The van der Waals surface area contributed by atoms with Crippen molar-refractivity contribution in [3.8, 4) is 6.07 Å². The maximum absolute atomic E-state index is 8.99. The van der Waals surface area contributed by atoms with Crippen LogP contribution in [0.3, 0.4) is 0 Å². The minimum atomic E-state index is 0.638. The molecule has 4 heteroatoms. The van der Waals surface area contributed by atoms with Crippen LogP contribution in [-0.2, 0) is 11.2 Å². The van der Waals surface area contributed by atoms with Gasteiger partial charge in [0.1, 0.15) is 0 Å². The second-order valence-corrected chi connectivity index (χ2v) is 6.30. The molecule has 1 saturated heterocycles. The molecule has 1 aromatic rings. The first kappa shape index (κ1) is 20.0. The Kier molecular flexibility index (Phi) is 9.24. The second kappa shape index (κ2) is 10.6. The fourth-order valence-corrected chi connectivity index (χ4v) is 3.22. The van der Waals surface area contributed by atoms with E-state index in [2.05, 4.69) is 17.9 Å². The van der Waals surface area contributed by atoms with E-state index in [1.807, 2.05) is 32.9 Å². The number of rotatable bonds is 6. The van der Waals surface area contributed by atoms with Gasteiger partial charge in [-0.2, -0.15) is 5.26 Å². The fourth-order valence-electron chi connectivity index (χ4n) is 2.96. The van der Waals surface area contributed by atoms with Crippen LogP contribution < -0.4 is 0 Å². The van der Waals surface area contributed by atoms with Crippen molar-refractivity contribution in [2.75, 3.05) is 32.8 Å². The molecule has 1 aliphatic heterocycles. The van der Waals surface area contributed by atoms with Crippen molar-refractivity contribution in [2.45, 2.75) is 34.1 Å². The first-order chi connectivity index (χ1) is 11.1. The minimum absolute atomic E-state index is 0.638. The number of likely N-dealkylation sites (tertiary alicyclic amines) is 1. The van der Waals surface area contributed by atoms with Crippen LogP contribution in [-0.4, -0.2) is 37.7 Å². The van der Waals surface area contributed by atoms with Crippen LogP contribution in [0, 0.1) is 23.2 Å². The molecule has 0 amide bonds. The summed E-state index contributed by atoms with van der Waals surface area (Å²) in [6, 6.07) is 7.76. The smallest absolute Gasteiger partial charge is 0.0992 e. The van der Waals surface area contributed by atoms with Crippen molar-refractivity contribution < 1.29 is 4.74 Å². The standard InChI is InChI=1S/C17H23ClN2O.C2H6/c1-3-21-12-16-11-20(10-13(16)2)5-4-14-6-15(9-19)8-17(18)7-14;1-2/h6-8,13,16H,3-5,10-12H2,1-2H3;1-2H3. The highest BCUT2D eigenvalue weighted by Gasteiger charge is 2.29. The van der Waals surface area contributed by atoms with E-state index in [0.717, 1.165) is 44.8 Å². The Balaban J connectivity index is 0.00000127. The number of hydrogen-bond acceptors (Lipinski definition) is 3. The molecular weight excluding hydrogens is 308 g/mol.